The van der Waals surface area contributed by atoms with Gasteiger partial charge in [0.2, 0.25) is 0 Å². The summed E-state index contributed by atoms with van der Waals surface area (Å²) in [7, 11) is 0. The third kappa shape index (κ3) is 3.75. The van der Waals surface area contributed by atoms with Gasteiger partial charge in [-0.15, -0.1) is 0 Å². The van der Waals surface area contributed by atoms with E-state index in [0.717, 1.165) is 34.0 Å². The van der Waals surface area contributed by atoms with Gasteiger partial charge in [-0.2, -0.15) is 5.10 Å². The molecule has 0 spiro atoms. The van der Waals surface area contributed by atoms with Gasteiger partial charge in [-0.1, -0.05) is 18.2 Å². The molecule has 2 aromatic carbocycles. The first-order chi connectivity index (χ1) is 11.8. The quantitative estimate of drug-likeness (QED) is 0.654. The van der Waals surface area contributed by atoms with Crippen molar-refractivity contribution in [2.45, 2.75) is 13.5 Å². The van der Waals surface area contributed by atoms with Crippen molar-refractivity contribution in [3.8, 4) is 22.8 Å². The lowest BCUT2D eigenvalue weighted by Gasteiger charge is -2.08. The van der Waals surface area contributed by atoms with Gasteiger partial charge in [0.15, 0.2) is 0 Å². The van der Waals surface area contributed by atoms with Crippen LogP contribution < -0.4 is 9.47 Å². The Hall–Kier alpha value is -2.79. The fraction of sp³-hybridized carbons (Fsp3) is 0.211. The summed E-state index contributed by atoms with van der Waals surface area (Å²) in [4.78, 5) is 0. The van der Waals surface area contributed by atoms with Crippen LogP contribution in [0, 0.1) is 6.92 Å². The van der Waals surface area contributed by atoms with Gasteiger partial charge in [0.25, 0.3) is 0 Å². The minimum Gasteiger partial charge on any atom is -0.490 e. The van der Waals surface area contributed by atoms with Gasteiger partial charge in [0.1, 0.15) is 24.7 Å². The lowest BCUT2D eigenvalue weighted by Crippen LogP contribution is -2.08. The van der Waals surface area contributed by atoms with Crippen molar-refractivity contribution in [3.63, 3.8) is 0 Å². The van der Waals surface area contributed by atoms with E-state index in [0.29, 0.717) is 13.2 Å². The summed E-state index contributed by atoms with van der Waals surface area (Å²) >= 11 is 0. The number of para-hydroxylation sites is 1. The Bertz CT molecular complexity index is 767. The molecule has 0 saturated heterocycles. The Morgan fingerprint density at radius 2 is 1.54 bits per heavy atom. The SMILES string of the molecule is Cc1c(-c2ccc(OCCOc3ccccc3)cc2)n[nH]c1CO. The number of nitrogens with one attached hydrogen (secondary N) is 1. The van der Waals surface area contributed by atoms with Crippen molar-refractivity contribution in [2.75, 3.05) is 13.2 Å². The van der Waals surface area contributed by atoms with E-state index in [1.807, 2.05) is 61.5 Å². The molecule has 1 aromatic heterocycles. The average Bonchev–Trinajstić information content (AvgIpc) is 3.01. The molecule has 0 amide bonds. The normalized spacial score (nSPS) is 10.6. The molecule has 0 aliphatic heterocycles. The van der Waals surface area contributed by atoms with Crippen LogP contribution in [0.25, 0.3) is 11.3 Å². The predicted molar refractivity (Wildman–Crippen MR) is 92.1 cm³/mol. The highest BCUT2D eigenvalue weighted by Gasteiger charge is 2.10. The van der Waals surface area contributed by atoms with Crippen LogP contribution in [-0.4, -0.2) is 28.5 Å². The van der Waals surface area contributed by atoms with Gasteiger partial charge in [-0.05, 0) is 43.3 Å². The molecule has 2 N–H and O–H groups in total. The number of nitrogens with zero attached hydrogens (tertiary/aromatic N) is 1. The van der Waals surface area contributed by atoms with E-state index in [1.165, 1.54) is 0 Å². The van der Waals surface area contributed by atoms with Crippen LogP contribution in [0.5, 0.6) is 11.5 Å². The van der Waals surface area contributed by atoms with Crippen LogP contribution in [0.15, 0.2) is 54.6 Å². The van der Waals surface area contributed by atoms with Gasteiger partial charge in [0, 0.05) is 11.1 Å². The Balaban J connectivity index is 1.54. The molecule has 1 heterocycles. The molecule has 0 aliphatic carbocycles. The lowest BCUT2D eigenvalue weighted by molar-refractivity contribution is 0.217. The molecule has 0 radical (unpaired) electrons. The molecule has 0 unspecified atom stereocenters. The molecular formula is C19H20N2O3. The Morgan fingerprint density at radius 3 is 2.12 bits per heavy atom. The molecule has 5 nitrogen and oxygen atoms in total. The molecule has 0 atom stereocenters. The Labute approximate surface area is 140 Å². The van der Waals surface area contributed by atoms with Crippen LogP contribution in [0.4, 0.5) is 0 Å². The van der Waals surface area contributed by atoms with Crippen molar-refractivity contribution in [3.05, 3.63) is 65.9 Å². The average molecular weight is 324 g/mol. The van der Waals surface area contributed by atoms with E-state index in [2.05, 4.69) is 10.2 Å². The Kier molecular flexibility index (Phi) is 5.13. The second-order valence-corrected chi connectivity index (χ2v) is 5.37. The smallest absolute Gasteiger partial charge is 0.122 e. The number of aliphatic hydroxyl groups is 1. The van der Waals surface area contributed by atoms with Gasteiger partial charge in [0.05, 0.1) is 18.0 Å². The largest absolute Gasteiger partial charge is 0.490 e. The first kappa shape index (κ1) is 16.1. The summed E-state index contributed by atoms with van der Waals surface area (Å²) in [5.41, 5.74) is 3.53. The van der Waals surface area contributed by atoms with Crippen LogP contribution in [-0.2, 0) is 6.61 Å². The number of aromatic amines is 1. The van der Waals surface area contributed by atoms with Crippen LogP contribution in [0.2, 0.25) is 0 Å². The minimum absolute atomic E-state index is 0.0402. The van der Waals surface area contributed by atoms with Crippen molar-refractivity contribution in [2.24, 2.45) is 0 Å². The topological polar surface area (TPSA) is 67.4 Å². The molecule has 3 aromatic rings. The number of rotatable bonds is 7. The van der Waals surface area contributed by atoms with E-state index >= 15 is 0 Å². The first-order valence-electron chi connectivity index (χ1n) is 7.83. The number of hydrogen-bond donors (Lipinski definition) is 2. The number of ether oxygens (including phenoxy) is 2. The highest BCUT2D eigenvalue weighted by molar-refractivity contribution is 5.64. The molecule has 5 heteroatoms. The van der Waals surface area contributed by atoms with Gasteiger partial charge in [-0.3, -0.25) is 5.10 Å². The number of benzene rings is 2. The fourth-order valence-electron chi connectivity index (χ4n) is 2.41. The van der Waals surface area contributed by atoms with E-state index in [-0.39, 0.29) is 6.61 Å². The van der Waals surface area contributed by atoms with Gasteiger partial charge in [-0.25, -0.2) is 0 Å². The van der Waals surface area contributed by atoms with Crippen LogP contribution >= 0.6 is 0 Å². The zero-order valence-electron chi connectivity index (χ0n) is 13.5. The predicted octanol–water partition coefficient (Wildman–Crippen LogP) is 3.34. The van der Waals surface area contributed by atoms with E-state index in [4.69, 9.17) is 9.47 Å². The number of hydrogen-bond acceptors (Lipinski definition) is 4. The van der Waals surface area contributed by atoms with Crippen molar-refractivity contribution in [1.29, 1.82) is 0 Å². The van der Waals surface area contributed by atoms with Gasteiger partial charge >= 0.3 is 0 Å². The summed E-state index contributed by atoms with van der Waals surface area (Å²) < 4.78 is 11.3. The number of aliphatic hydroxyl groups excluding tert-OH is 1. The van der Waals surface area contributed by atoms with Crippen molar-refractivity contribution >= 4 is 0 Å². The second kappa shape index (κ2) is 7.66. The summed E-state index contributed by atoms with van der Waals surface area (Å²) in [6.45, 7) is 2.87. The van der Waals surface area contributed by atoms with Crippen molar-refractivity contribution < 1.29 is 14.6 Å². The van der Waals surface area contributed by atoms with E-state index in [1.54, 1.807) is 0 Å². The van der Waals surface area contributed by atoms with E-state index < -0.39 is 0 Å². The molecule has 124 valence electrons. The second-order valence-electron chi connectivity index (χ2n) is 5.37. The molecule has 3 rings (SSSR count). The number of aromatic nitrogens is 2. The highest BCUT2D eigenvalue weighted by Crippen LogP contribution is 2.25. The maximum Gasteiger partial charge on any atom is 0.122 e. The highest BCUT2D eigenvalue weighted by atomic mass is 16.5. The number of H-pyrrole nitrogens is 1. The summed E-state index contributed by atoms with van der Waals surface area (Å²) in [5, 5.41) is 16.3. The fourth-order valence-corrected chi connectivity index (χ4v) is 2.41. The molecule has 0 saturated carbocycles. The third-order valence-electron chi connectivity index (χ3n) is 3.76. The monoisotopic (exact) mass is 324 g/mol. The summed E-state index contributed by atoms with van der Waals surface area (Å²) in [6.07, 6.45) is 0. The molecule has 24 heavy (non-hydrogen) atoms. The minimum atomic E-state index is -0.0402. The van der Waals surface area contributed by atoms with E-state index in [9.17, 15) is 5.11 Å². The van der Waals surface area contributed by atoms with Crippen LogP contribution in [0.3, 0.4) is 0 Å². The Morgan fingerprint density at radius 1 is 0.917 bits per heavy atom. The van der Waals surface area contributed by atoms with Crippen molar-refractivity contribution in [1.82, 2.24) is 10.2 Å². The third-order valence-corrected chi connectivity index (χ3v) is 3.76. The zero-order chi connectivity index (χ0) is 16.8. The molecule has 0 bridgehead atoms. The first-order valence-corrected chi connectivity index (χ1v) is 7.83. The maximum atomic E-state index is 9.22. The standard InChI is InChI=1S/C19H20N2O3/c1-14-18(13-22)20-21-19(14)15-7-9-17(10-8-15)24-12-11-23-16-5-3-2-4-6-16/h2-10,22H,11-13H2,1H3,(H,20,21). The van der Waals surface area contributed by atoms with Crippen LogP contribution in [0.1, 0.15) is 11.3 Å². The zero-order valence-corrected chi connectivity index (χ0v) is 13.5. The molecule has 0 fully saturated rings. The molecule has 0 aliphatic rings. The summed E-state index contributed by atoms with van der Waals surface area (Å²) in [5.74, 6) is 1.62. The maximum absolute atomic E-state index is 9.22. The molecular weight excluding hydrogens is 304 g/mol. The lowest BCUT2D eigenvalue weighted by atomic mass is 10.1. The van der Waals surface area contributed by atoms with Gasteiger partial charge < -0.3 is 14.6 Å². The summed E-state index contributed by atoms with van der Waals surface area (Å²) in [6, 6.07) is 17.4.